The summed E-state index contributed by atoms with van der Waals surface area (Å²) < 4.78 is 0. The van der Waals surface area contributed by atoms with Crippen LogP contribution >= 0.6 is 0 Å². The van der Waals surface area contributed by atoms with Crippen LogP contribution in [0.3, 0.4) is 0 Å². The summed E-state index contributed by atoms with van der Waals surface area (Å²) in [6.45, 7) is 7.09. The van der Waals surface area contributed by atoms with Gasteiger partial charge in [0, 0.05) is 0 Å². The van der Waals surface area contributed by atoms with Gasteiger partial charge in [0.2, 0.25) is 0 Å². The first-order valence-corrected chi connectivity index (χ1v) is 3.14. The predicted molar refractivity (Wildman–Crippen MR) is 43.8 cm³/mol. The van der Waals surface area contributed by atoms with Gasteiger partial charge in [0.15, 0.2) is 5.78 Å². The van der Waals surface area contributed by atoms with Gasteiger partial charge in [-0.15, -0.1) is 0 Å². The van der Waals surface area contributed by atoms with Crippen molar-refractivity contribution in [3.8, 4) is 0 Å². The molecule has 0 atom stereocenters. The van der Waals surface area contributed by atoms with Crippen molar-refractivity contribution in [1.82, 2.24) is 0 Å². The summed E-state index contributed by atoms with van der Waals surface area (Å²) in [6, 6.07) is 0. The minimum Gasteiger partial charge on any atom is -0.295 e. The van der Waals surface area contributed by atoms with Gasteiger partial charge >= 0.3 is 0 Å². The topological polar surface area (TPSA) is 17.1 Å². The first kappa shape index (κ1) is 8.89. The zero-order chi connectivity index (χ0) is 7.98. The molecule has 1 heteroatoms. The van der Waals surface area contributed by atoms with Gasteiger partial charge in [0.25, 0.3) is 0 Å². The van der Waals surface area contributed by atoms with Gasteiger partial charge in [0.05, 0.1) is 0 Å². The lowest BCUT2D eigenvalue weighted by Gasteiger charge is -1.79. The number of hydrogen-bond donors (Lipinski definition) is 0. The van der Waals surface area contributed by atoms with Gasteiger partial charge in [-0.1, -0.05) is 30.4 Å². The van der Waals surface area contributed by atoms with Crippen LogP contribution in [0.1, 0.15) is 13.8 Å². The monoisotopic (exact) mass is 136 g/mol. The maximum Gasteiger partial charge on any atom is 0.152 e. The van der Waals surface area contributed by atoms with E-state index in [0.29, 0.717) is 0 Å². The Bertz CT molecular complexity index is 163. The minimum atomic E-state index is 0.0614. The lowest BCUT2D eigenvalue weighted by Crippen LogP contribution is -1.77. The molecular formula is C9H12O. The first-order chi connectivity index (χ1) is 4.63. The summed E-state index contributed by atoms with van der Waals surface area (Å²) in [5, 5.41) is 0. The molecule has 0 aliphatic rings. The standard InChI is InChI=1S/C9H12O/c1-8(2)6-4-5-7-9(3)10/h4-7H,1H2,2-3H3/b6-4-,7-5+. The van der Waals surface area contributed by atoms with Crippen LogP contribution in [0.15, 0.2) is 36.5 Å². The molecule has 1 nitrogen and oxygen atoms in total. The molecule has 0 unspecified atom stereocenters. The Morgan fingerprint density at radius 1 is 1.20 bits per heavy atom. The quantitative estimate of drug-likeness (QED) is 0.429. The summed E-state index contributed by atoms with van der Waals surface area (Å²) in [5.74, 6) is 0.0614. The predicted octanol–water partition coefficient (Wildman–Crippen LogP) is 2.26. The van der Waals surface area contributed by atoms with E-state index in [1.165, 1.54) is 13.0 Å². The van der Waals surface area contributed by atoms with Crippen LogP contribution < -0.4 is 0 Å². The van der Waals surface area contributed by atoms with Gasteiger partial charge in [-0.05, 0) is 19.9 Å². The van der Waals surface area contributed by atoms with Crippen LogP contribution in [0.4, 0.5) is 0 Å². The van der Waals surface area contributed by atoms with Crippen LogP contribution in [0.25, 0.3) is 0 Å². The third kappa shape index (κ3) is 6.89. The van der Waals surface area contributed by atoms with E-state index in [2.05, 4.69) is 6.58 Å². The molecule has 0 spiro atoms. The molecule has 0 saturated heterocycles. The van der Waals surface area contributed by atoms with Crippen molar-refractivity contribution >= 4 is 5.78 Å². The van der Waals surface area contributed by atoms with E-state index >= 15 is 0 Å². The summed E-state index contributed by atoms with van der Waals surface area (Å²) in [6.07, 6.45) is 6.86. The lowest BCUT2D eigenvalue weighted by molar-refractivity contribution is -0.112. The fourth-order valence-electron chi connectivity index (χ4n) is 0.411. The van der Waals surface area contributed by atoms with E-state index in [4.69, 9.17) is 0 Å². The van der Waals surface area contributed by atoms with Crippen LogP contribution in [0.5, 0.6) is 0 Å². The van der Waals surface area contributed by atoms with E-state index < -0.39 is 0 Å². The molecule has 0 fully saturated rings. The van der Waals surface area contributed by atoms with Crippen LogP contribution in [-0.2, 0) is 4.79 Å². The van der Waals surface area contributed by atoms with Crippen LogP contribution in [0.2, 0.25) is 0 Å². The Morgan fingerprint density at radius 2 is 1.70 bits per heavy atom. The highest BCUT2D eigenvalue weighted by Crippen LogP contribution is 1.88. The third-order valence-electron chi connectivity index (χ3n) is 0.823. The van der Waals surface area contributed by atoms with Crippen molar-refractivity contribution in [2.24, 2.45) is 0 Å². The van der Waals surface area contributed by atoms with Crippen molar-refractivity contribution in [3.63, 3.8) is 0 Å². The molecule has 0 radical (unpaired) electrons. The highest BCUT2D eigenvalue weighted by molar-refractivity contribution is 5.87. The second-order valence-corrected chi connectivity index (χ2v) is 2.18. The van der Waals surface area contributed by atoms with Crippen LogP contribution in [-0.4, -0.2) is 5.78 Å². The number of carbonyl (C=O) groups excluding carboxylic acids is 1. The fourth-order valence-corrected chi connectivity index (χ4v) is 0.411. The molecule has 0 aliphatic carbocycles. The van der Waals surface area contributed by atoms with Gasteiger partial charge < -0.3 is 0 Å². The second kappa shape index (κ2) is 4.74. The lowest BCUT2D eigenvalue weighted by atomic mass is 10.3. The zero-order valence-corrected chi connectivity index (χ0v) is 6.42. The number of hydrogen-bond acceptors (Lipinski definition) is 1. The molecule has 0 aromatic carbocycles. The Kier molecular flexibility index (Phi) is 4.21. The van der Waals surface area contributed by atoms with Crippen molar-refractivity contribution in [1.29, 1.82) is 0 Å². The Morgan fingerprint density at radius 3 is 2.10 bits per heavy atom. The molecule has 0 bridgehead atoms. The molecule has 54 valence electrons. The Hall–Kier alpha value is -1.11. The second-order valence-electron chi connectivity index (χ2n) is 2.18. The van der Waals surface area contributed by atoms with Crippen molar-refractivity contribution in [3.05, 3.63) is 36.5 Å². The van der Waals surface area contributed by atoms with E-state index in [1.807, 2.05) is 13.0 Å². The Balaban J connectivity index is 3.73. The molecule has 0 saturated carbocycles. The van der Waals surface area contributed by atoms with Crippen molar-refractivity contribution in [2.45, 2.75) is 13.8 Å². The largest absolute Gasteiger partial charge is 0.295 e. The van der Waals surface area contributed by atoms with Gasteiger partial charge in [-0.25, -0.2) is 0 Å². The van der Waals surface area contributed by atoms with Gasteiger partial charge in [-0.2, -0.15) is 0 Å². The molecule has 0 rings (SSSR count). The molecule has 0 aromatic heterocycles. The molecule has 10 heavy (non-hydrogen) atoms. The molecule has 0 amide bonds. The maximum absolute atomic E-state index is 10.3. The van der Waals surface area contributed by atoms with E-state index in [9.17, 15) is 4.79 Å². The number of rotatable bonds is 3. The van der Waals surface area contributed by atoms with E-state index in [0.717, 1.165) is 5.57 Å². The zero-order valence-electron chi connectivity index (χ0n) is 6.42. The average molecular weight is 136 g/mol. The smallest absolute Gasteiger partial charge is 0.152 e. The normalized spacial score (nSPS) is 11.0. The van der Waals surface area contributed by atoms with Gasteiger partial charge in [-0.3, -0.25) is 4.79 Å². The highest BCUT2D eigenvalue weighted by atomic mass is 16.1. The molecule has 0 heterocycles. The first-order valence-electron chi connectivity index (χ1n) is 3.14. The Labute approximate surface area is 61.8 Å². The van der Waals surface area contributed by atoms with Crippen molar-refractivity contribution < 1.29 is 4.79 Å². The number of allylic oxidation sites excluding steroid dienone is 5. The van der Waals surface area contributed by atoms with Crippen molar-refractivity contribution in [2.75, 3.05) is 0 Å². The van der Waals surface area contributed by atoms with Crippen LogP contribution in [0, 0.1) is 0 Å². The molecular weight excluding hydrogens is 124 g/mol. The average Bonchev–Trinajstić information content (AvgIpc) is 1.79. The fraction of sp³-hybridized carbons (Fsp3) is 0.222. The SMILES string of the molecule is C=C(C)/C=C\C=C\C(C)=O. The summed E-state index contributed by atoms with van der Waals surface area (Å²) in [7, 11) is 0. The number of ketones is 1. The summed E-state index contributed by atoms with van der Waals surface area (Å²) >= 11 is 0. The summed E-state index contributed by atoms with van der Waals surface area (Å²) in [4.78, 5) is 10.3. The maximum atomic E-state index is 10.3. The third-order valence-corrected chi connectivity index (χ3v) is 0.823. The summed E-state index contributed by atoms with van der Waals surface area (Å²) in [5.41, 5.74) is 0.980. The van der Waals surface area contributed by atoms with E-state index in [-0.39, 0.29) is 5.78 Å². The molecule has 0 aromatic rings. The van der Waals surface area contributed by atoms with E-state index in [1.54, 1.807) is 12.2 Å². The van der Waals surface area contributed by atoms with Gasteiger partial charge in [0.1, 0.15) is 0 Å². The molecule has 0 aliphatic heterocycles. The minimum absolute atomic E-state index is 0.0614. The molecule has 0 N–H and O–H groups in total. The number of carbonyl (C=O) groups is 1. The highest BCUT2D eigenvalue weighted by Gasteiger charge is 1.76.